The van der Waals surface area contributed by atoms with Crippen molar-refractivity contribution in [3.63, 3.8) is 0 Å². The molecule has 0 aliphatic rings. The first kappa shape index (κ1) is 15.3. The minimum absolute atomic E-state index is 0.405. The van der Waals surface area contributed by atoms with Crippen molar-refractivity contribution in [1.29, 1.82) is 5.26 Å². The average Bonchev–Trinajstić information content (AvgIpc) is 2.55. The number of anilines is 2. The summed E-state index contributed by atoms with van der Waals surface area (Å²) in [6.45, 7) is 0.619. The largest absolute Gasteiger partial charge is 0.384 e. The van der Waals surface area contributed by atoms with Gasteiger partial charge in [-0.2, -0.15) is 5.26 Å². The van der Waals surface area contributed by atoms with Crippen LogP contribution in [0.1, 0.15) is 12.0 Å². The molecular formula is C16H18N6. The number of hydrogen-bond donors (Lipinski definition) is 3. The normalized spacial score (nSPS) is 10.8. The summed E-state index contributed by atoms with van der Waals surface area (Å²) in [5.74, 6) is 0.849. The van der Waals surface area contributed by atoms with Crippen molar-refractivity contribution in [3.05, 3.63) is 54.2 Å². The predicted octanol–water partition coefficient (Wildman–Crippen LogP) is 2.14. The van der Waals surface area contributed by atoms with Crippen molar-refractivity contribution in [2.45, 2.75) is 12.8 Å². The number of hydrogen-bond acceptors (Lipinski definition) is 4. The fraction of sp³-hybridized carbons (Fsp3) is 0.188. The second-order valence-electron chi connectivity index (χ2n) is 4.65. The SMILES string of the molecule is N#CNC(=NCCCc1ccccc1)Nc1ccc(N)nc1. The molecule has 0 radical (unpaired) electrons. The molecule has 112 valence electrons. The van der Waals surface area contributed by atoms with Gasteiger partial charge in [0.1, 0.15) is 5.82 Å². The molecule has 0 spiro atoms. The molecule has 4 N–H and O–H groups in total. The predicted molar refractivity (Wildman–Crippen MR) is 88.1 cm³/mol. The molecule has 6 heteroatoms. The summed E-state index contributed by atoms with van der Waals surface area (Å²) in [5, 5.41) is 14.3. The summed E-state index contributed by atoms with van der Waals surface area (Å²) in [5.41, 5.74) is 7.53. The minimum Gasteiger partial charge on any atom is -0.384 e. The van der Waals surface area contributed by atoms with E-state index >= 15 is 0 Å². The van der Waals surface area contributed by atoms with Crippen molar-refractivity contribution in [2.24, 2.45) is 4.99 Å². The minimum atomic E-state index is 0.405. The van der Waals surface area contributed by atoms with E-state index in [4.69, 9.17) is 11.0 Å². The number of nitrogens with one attached hydrogen (secondary N) is 2. The van der Waals surface area contributed by atoms with Crippen LogP contribution in [0, 0.1) is 11.5 Å². The highest BCUT2D eigenvalue weighted by Gasteiger charge is 2.00. The monoisotopic (exact) mass is 294 g/mol. The number of benzene rings is 1. The molecule has 0 unspecified atom stereocenters. The Morgan fingerprint density at radius 3 is 2.73 bits per heavy atom. The third kappa shape index (κ3) is 5.13. The fourth-order valence-electron chi connectivity index (χ4n) is 1.90. The lowest BCUT2D eigenvalue weighted by molar-refractivity contribution is 0.830. The van der Waals surface area contributed by atoms with E-state index in [0.717, 1.165) is 18.5 Å². The third-order valence-electron chi connectivity index (χ3n) is 2.96. The van der Waals surface area contributed by atoms with Crippen molar-refractivity contribution < 1.29 is 0 Å². The summed E-state index contributed by atoms with van der Waals surface area (Å²) < 4.78 is 0. The Morgan fingerprint density at radius 1 is 1.23 bits per heavy atom. The molecule has 0 bridgehead atoms. The number of nitrogens with zero attached hydrogens (tertiary/aromatic N) is 3. The molecule has 1 aromatic heterocycles. The van der Waals surface area contributed by atoms with Crippen molar-refractivity contribution in [1.82, 2.24) is 10.3 Å². The van der Waals surface area contributed by atoms with Crippen molar-refractivity contribution in [2.75, 3.05) is 17.6 Å². The van der Waals surface area contributed by atoms with Crippen molar-refractivity contribution >= 4 is 17.5 Å². The maximum atomic E-state index is 8.78. The summed E-state index contributed by atoms with van der Waals surface area (Å²) in [7, 11) is 0. The molecule has 1 aromatic carbocycles. The quantitative estimate of drug-likeness (QED) is 0.258. The van der Waals surface area contributed by atoms with Gasteiger partial charge in [-0.05, 0) is 30.5 Å². The maximum Gasteiger partial charge on any atom is 0.209 e. The molecule has 22 heavy (non-hydrogen) atoms. The van der Waals surface area contributed by atoms with Crippen LogP contribution < -0.4 is 16.4 Å². The Bertz CT molecular complexity index is 643. The number of nitrogens with two attached hydrogens (primary N) is 1. The molecule has 0 fully saturated rings. The smallest absolute Gasteiger partial charge is 0.209 e. The van der Waals surface area contributed by atoms with Gasteiger partial charge in [0.25, 0.3) is 0 Å². The van der Waals surface area contributed by atoms with E-state index in [0.29, 0.717) is 18.3 Å². The molecular weight excluding hydrogens is 276 g/mol. The van der Waals surface area contributed by atoms with Crippen LogP contribution in [-0.4, -0.2) is 17.5 Å². The molecule has 2 rings (SSSR count). The van der Waals surface area contributed by atoms with E-state index in [1.165, 1.54) is 5.56 Å². The van der Waals surface area contributed by atoms with Crippen LogP contribution in [0.2, 0.25) is 0 Å². The van der Waals surface area contributed by atoms with E-state index in [2.05, 4.69) is 32.7 Å². The summed E-state index contributed by atoms with van der Waals surface area (Å²) in [4.78, 5) is 8.34. The summed E-state index contributed by atoms with van der Waals surface area (Å²) >= 11 is 0. The summed E-state index contributed by atoms with van der Waals surface area (Å²) in [6.07, 6.45) is 5.32. The van der Waals surface area contributed by atoms with Crippen LogP contribution in [0.5, 0.6) is 0 Å². The molecule has 0 saturated heterocycles. The number of aliphatic imine (C=N–C) groups is 1. The van der Waals surface area contributed by atoms with Gasteiger partial charge in [0.2, 0.25) is 5.96 Å². The second kappa shape index (κ2) is 8.27. The highest BCUT2D eigenvalue weighted by molar-refractivity contribution is 5.94. The van der Waals surface area contributed by atoms with Crippen molar-refractivity contribution in [3.8, 4) is 6.19 Å². The van der Waals surface area contributed by atoms with Crippen LogP contribution >= 0.6 is 0 Å². The number of aromatic nitrogens is 1. The lowest BCUT2D eigenvalue weighted by Gasteiger charge is -2.08. The van der Waals surface area contributed by atoms with Gasteiger partial charge in [0.05, 0.1) is 11.9 Å². The highest BCUT2D eigenvalue weighted by Crippen LogP contribution is 2.07. The molecule has 6 nitrogen and oxygen atoms in total. The maximum absolute atomic E-state index is 8.78. The van der Waals surface area contributed by atoms with Gasteiger partial charge in [-0.25, -0.2) is 4.98 Å². The van der Waals surface area contributed by atoms with Gasteiger partial charge in [-0.15, -0.1) is 0 Å². The van der Waals surface area contributed by atoms with Crippen LogP contribution in [0.25, 0.3) is 0 Å². The molecule has 0 atom stereocenters. The molecule has 0 aliphatic heterocycles. The van der Waals surface area contributed by atoms with Gasteiger partial charge in [0, 0.05) is 6.54 Å². The van der Waals surface area contributed by atoms with E-state index in [-0.39, 0.29) is 0 Å². The Hall–Kier alpha value is -3.07. The van der Waals surface area contributed by atoms with Crippen LogP contribution in [0.4, 0.5) is 11.5 Å². The first-order valence-corrected chi connectivity index (χ1v) is 7.00. The second-order valence-corrected chi connectivity index (χ2v) is 4.65. The van der Waals surface area contributed by atoms with Gasteiger partial charge < -0.3 is 11.1 Å². The van der Waals surface area contributed by atoms with Gasteiger partial charge in [-0.3, -0.25) is 10.3 Å². The van der Waals surface area contributed by atoms with E-state index in [1.807, 2.05) is 24.4 Å². The molecule has 0 saturated carbocycles. The Morgan fingerprint density at radius 2 is 2.05 bits per heavy atom. The van der Waals surface area contributed by atoms with Gasteiger partial charge in [0.15, 0.2) is 6.19 Å². The number of rotatable bonds is 5. The zero-order chi connectivity index (χ0) is 15.6. The van der Waals surface area contributed by atoms with Gasteiger partial charge in [-0.1, -0.05) is 30.3 Å². The lowest BCUT2D eigenvalue weighted by Crippen LogP contribution is -2.27. The molecule has 0 aliphatic carbocycles. The van der Waals surface area contributed by atoms with Crippen LogP contribution in [0.3, 0.4) is 0 Å². The first-order valence-electron chi connectivity index (χ1n) is 7.00. The van der Waals surface area contributed by atoms with Crippen LogP contribution in [0.15, 0.2) is 53.7 Å². The first-order chi connectivity index (χ1) is 10.8. The number of nitrogen functional groups attached to an aromatic ring is 1. The van der Waals surface area contributed by atoms with E-state index < -0.39 is 0 Å². The number of nitriles is 1. The zero-order valence-electron chi connectivity index (χ0n) is 12.2. The van der Waals surface area contributed by atoms with E-state index in [9.17, 15) is 0 Å². The molecule has 1 heterocycles. The van der Waals surface area contributed by atoms with Crippen LogP contribution in [-0.2, 0) is 6.42 Å². The topological polar surface area (TPSA) is 99.1 Å². The van der Waals surface area contributed by atoms with E-state index in [1.54, 1.807) is 18.3 Å². The average molecular weight is 294 g/mol. The highest BCUT2D eigenvalue weighted by atomic mass is 15.2. The summed E-state index contributed by atoms with van der Waals surface area (Å²) in [6, 6.07) is 13.7. The number of aryl methyl sites for hydroxylation is 1. The zero-order valence-corrected chi connectivity index (χ0v) is 12.2. The lowest BCUT2D eigenvalue weighted by atomic mass is 10.1. The Labute approximate surface area is 129 Å². The van der Waals surface area contributed by atoms with Gasteiger partial charge >= 0.3 is 0 Å². The standard InChI is InChI=1S/C16H18N6/c17-12-21-16(22-14-8-9-15(18)20-11-14)19-10-4-7-13-5-2-1-3-6-13/h1-3,5-6,8-9,11H,4,7,10H2,(H2,18,20)(H2,19,21,22). The number of guanidine groups is 1. The Balaban J connectivity index is 1.87. The molecule has 0 amide bonds. The number of pyridine rings is 1. The Kier molecular flexibility index (Phi) is 5.76. The molecule has 2 aromatic rings. The third-order valence-corrected chi connectivity index (χ3v) is 2.96. The fourth-order valence-corrected chi connectivity index (χ4v) is 1.90.